The number of aromatic amines is 1. The van der Waals surface area contributed by atoms with Gasteiger partial charge in [-0.15, -0.1) is 0 Å². The van der Waals surface area contributed by atoms with Gasteiger partial charge >= 0.3 is 0 Å². The number of rotatable bonds is 4. The average Bonchev–Trinajstić information content (AvgIpc) is 2.89. The van der Waals surface area contributed by atoms with Crippen molar-refractivity contribution in [3.63, 3.8) is 0 Å². The largest absolute Gasteiger partial charge is 0.361 e. The minimum atomic E-state index is 0.294. The first kappa shape index (κ1) is 11.9. The number of nitrogens with zero attached hydrogens (tertiary/aromatic N) is 1. The van der Waals surface area contributed by atoms with E-state index in [4.69, 9.17) is 0 Å². The third kappa shape index (κ3) is 2.51. The molecule has 0 amide bonds. The van der Waals surface area contributed by atoms with Crippen LogP contribution in [0.1, 0.15) is 24.1 Å². The van der Waals surface area contributed by atoms with Gasteiger partial charge in [0.1, 0.15) is 0 Å². The van der Waals surface area contributed by atoms with Crippen molar-refractivity contribution in [2.24, 2.45) is 0 Å². The summed E-state index contributed by atoms with van der Waals surface area (Å²) >= 11 is 0. The van der Waals surface area contributed by atoms with Gasteiger partial charge in [0, 0.05) is 42.1 Å². The molecule has 0 fully saturated rings. The number of hydrogen-bond acceptors (Lipinski definition) is 2. The van der Waals surface area contributed by atoms with E-state index in [1.807, 2.05) is 18.3 Å². The Labute approximate surface area is 112 Å². The molecule has 96 valence electrons. The summed E-state index contributed by atoms with van der Waals surface area (Å²) in [6.45, 7) is 3.01. The molecule has 0 bridgehead atoms. The van der Waals surface area contributed by atoms with E-state index in [2.05, 4.69) is 52.7 Å². The molecular formula is C16H17N3. The first-order valence-electron chi connectivity index (χ1n) is 6.53. The second kappa shape index (κ2) is 5.24. The van der Waals surface area contributed by atoms with Crippen LogP contribution in [0.4, 0.5) is 0 Å². The van der Waals surface area contributed by atoms with E-state index >= 15 is 0 Å². The highest BCUT2D eigenvalue weighted by Crippen LogP contribution is 2.18. The summed E-state index contributed by atoms with van der Waals surface area (Å²) in [7, 11) is 0. The van der Waals surface area contributed by atoms with Gasteiger partial charge in [-0.2, -0.15) is 0 Å². The summed E-state index contributed by atoms with van der Waals surface area (Å²) in [4.78, 5) is 7.45. The van der Waals surface area contributed by atoms with Crippen LogP contribution in [0.3, 0.4) is 0 Å². The first-order chi connectivity index (χ1) is 9.34. The molecule has 0 aliphatic heterocycles. The molecule has 3 rings (SSSR count). The molecule has 0 radical (unpaired) electrons. The molecule has 0 aliphatic carbocycles. The van der Waals surface area contributed by atoms with Gasteiger partial charge in [0.25, 0.3) is 0 Å². The lowest BCUT2D eigenvalue weighted by atomic mass is 10.1. The van der Waals surface area contributed by atoms with E-state index in [-0.39, 0.29) is 0 Å². The van der Waals surface area contributed by atoms with Crippen LogP contribution in [0.15, 0.2) is 55.0 Å². The zero-order chi connectivity index (χ0) is 13.1. The molecule has 1 aromatic carbocycles. The van der Waals surface area contributed by atoms with Crippen molar-refractivity contribution in [2.75, 3.05) is 0 Å². The zero-order valence-corrected chi connectivity index (χ0v) is 10.9. The van der Waals surface area contributed by atoms with E-state index in [9.17, 15) is 0 Å². The highest BCUT2D eigenvalue weighted by molar-refractivity contribution is 5.82. The van der Waals surface area contributed by atoms with Crippen LogP contribution in [0.25, 0.3) is 10.9 Å². The Morgan fingerprint density at radius 2 is 2.11 bits per heavy atom. The third-order valence-corrected chi connectivity index (χ3v) is 3.46. The van der Waals surface area contributed by atoms with Crippen LogP contribution >= 0.6 is 0 Å². The van der Waals surface area contributed by atoms with Gasteiger partial charge in [0.15, 0.2) is 0 Å². The van der Waals surface area contributed by atoms with Crippen LogP contribution in [-0.2, 0) is 6.54 Å². The Morgan fingerprint density at radius 3 is 2.95 bits per heavy atom. The Morgan fingerprint density at radius 1 is 1.21 bits per heavy atom. The van der Waals surface area contributed by atoms with Crippen LogP contribution in [0.5, 0.6) is 0 Å². The molecule has 1 unspecified atom stereocenters. The molecule has 3 aromatic rings. The molecule has 0 spiro atoms. The Balaban J connectivity index is 1.73. The van der Waals surface area contributed by atoms with Crippen molar-refractivity contribution >= 4 is 10.9 Å². The predicted octanol–water partition coefficient (Wildman–Crippen LogP) is 3.41. The third-order valence-electron chi connectivity index (χ3n) is 3.46. The van der Waals surface area contributed by atoms with Crippen molar-refractivity contribution in [3.8, 4) is 0 Å². The number of H-pyrrole nitrogens is 1. The SMILES string of the molecule is CC(NCc1c[nH]c2ccccc12)c1cccnc1. The van der Waals surface area contributed by atoms with E-state index in [0.29, 0.717) is 6.04 Å². The maximum Gasteiger partial charge on any atom is 0.0457 e. The maximum atomic E-state index is 4.15. The number of para-hydroxylation sites is 1. The number of hydrogen-bond donors (Lipinski definition) is 2. The summed E-state index contributed by atoms with van der Waals surface area (Å²) in [6, 6.07) is 12.7. The molecule has 3 nitrogen and oxygen atoms in total. The zero-order valence-electron chi connectivity index (χ0n) is 10.9. The first-order valence-corrected chi connectivity index (χ1v) is 6.53. The monoisotopic (exact) mass is 251 g/mol. The van der Waals surface area contributed by atoms with Gasteiger partial charge in [-0.25, -0.2) is 0 Å². The number of pyridine rings is 1. The second-order valence-electron chi connectivity index (χ2n) is 4.75. The summed E-state index contributed by atoms with van der Waals surface area (Å²) < 4.78 is 0. The van der Waals surface area contributed by atoms with E-state index in [0.717, 1.165) is 6.54 Å². The van der Waals surface area contributed by atoms with Gasteiger partial charge in [0.2, 0.25) is 0 Å². The van der Waals surface area contributed by atoms with Gasteiger partial charge in [-0.05, 0) is 30.2 Å². The maximum absolute atomic E-state index is 4.15. The highest BCUT2D eigenvalue weighted by Gasteiger charge is 2.07. The fourth-order valence-corrected chi connectivity index (χ4v) is 2.29. The van der Waals surface area contributed by atoms with Gasteiger partial charge < -0.3 is 10.3 Å². The van der Waals surface area contributed by atoms with E-state index < -0.39 is 0 Å². The van der Waals surface area contributed by atoms with E-state index in [1.165, 1.54) is 22.0 Å². The smallest absolute Gasteiger partial charge is 0.0457 e. The minimum absolute atomic E-state index is 0.294. The molecule has 3 heteroatoms. The van der Waals surface area contributed by atoms with Gasteiger partial charge in [-0.3, -0.25) is 4.98 Å². The molecular weight excluding hydrogens is 234 g/mol. The Hall–Kier alpha value is -2.13. The normalized spacial score (nSPS) is 12.7. The average molecular weight is 251 g/mol. The Bertz CT molecular complexity index is 658. The number of aromatic nitrogens is 2. The fourth-order valence-electron chi connectivity index (χ4n) is 2.29. The van der Waals surface area contributed by atoms with Crippen LogP contribution in [0, 0.1) is 0 Å². The fraction of sp³-hybridized carbons (Fsp3) is 0.188. The van der Waals surface area contributed by atoms with Gasteiger partial charge in [0.05, 0.1) is 0 Å². The highest BCUT2D eigenvalue weighted by atomic mass is 14.9. The van der Waals surface area contributed by atoms with E-state index in [1.54, 1.807) is 6.20 Å². The molecule has 19 heavy (non-hydrogen) atoms. The number of nitrogens with one attached hydrogen (secondary N) is 2. The summed E-state index contributed by atoms with van der Waals surface area (Å²) in [5, 5.41) is 4.82. The molecule has 0 saturated heterocycles. The second-order valence-corrected chi connectivity index (χ2v) is 4.75. The summed E-state index contributed by atoms with van der Waals surface area (Å²) in [5.74, 6) is 0. The topological polar surface area (TPSA) is 40.7 Å². The molecule has 2 N–H and O–H groups in total. The molecule has 0 saturated carbocycles. The number of benzene rings is 1. The van der Waals surface area contributed by atoms with Crippen molar-refractivity contribution in [1.29, 1.82) is 0 Å². The van der Waals surface area contributed by atoms with Crippen molar-refractivity contribution in [3.05, 3.63) is 66.1 Å². The summed E-state index contributed by atoms with van der Waals surface area (Å²) in [5.41, 5.74) is 3.70. The Kier molecular flexibility index (Phi) is 3.29. The lowest BCUT2D eigenvalue weighted by Gasteiger charge is -2.13. The predicted molar refractivity (Wildman–Crippen MR) is 77.8 cm³/mol. The lowest BCUT2D eigenvalue weighted by molar-refractivity contribution is 0.575. The lowest BCUT2D eigenvalue weighted by Crippen LogP contribution is -2.17. The summed E-state index contributed by atoms with van der Waals surface area (Å²) in [6.07, 6.45) is 5.79. The van der Waals surface area contributed by atoms with Crippen molar-refractivity contribution in [2.45, 2.75) is 19.5 Å². The van der Waals surface area contributed by atoms with Crippen LogP contribution in [0.2, 0.25) is 0 Å². The molecule has 2 heterocycles. The van der Waals surface area contributed by atoms with Gasteiger partial charge in [-0.1, -0.05) is 24.3 Å². The molecule has 1 atom stereocenters. The molecule has 0 aliphatic rings. The molecule has 2 aromatic heterocycles. The van der Waals surface area contributed by atoms with Crippen LogP contribution in [-0.4, -0.2) is 9.97 Å². The standard InChI is InChI=1S/C16H17N3/c1-12(13-5-4-8-17-9-13)18-10-14-11-19-16-7-3-2-6-15(14)16/h2-9,11-12,18-19H,10H2,1H3. The number of fused-ring (bicyclic) bond motifs is 1. The quantitative estimate of drug-likeness (QED) is 0.746. The minimum Gasteiger partial charge on any atom is -0.361 e. The van der Waals surface area contributed by atoms with Crippen molar-refractivity contribution in [1.82, 2.24) is 15.3 Å². The van der Waals surface area contributed by atoms with Crippen molar-refractivity contribution < 1.29 is 0 Å². The van der Waals surface area contributed by atoms with Crippen LogP contribution < -0.4 is 5.32 Å².